The van der Waals surface area contributed by atoms with Gasteiger partial charge in [-0.1, -0.05) is 0 Å². The first kappa shape index (κ1) is 9.09. The van der Waals surface area contributed by atoms with E-state index in [1.54, 1.807) is 12.3 Å². The third-order valence-corrected chi connectivity index (χ3v) is 1.57. The number of allylic oxidation sites excluding steroid dienone is 1. The van der Waals surface area contributed by atoms with Crippen LogP contribution < -0.4 is 16.0 Å². The number of hydrogen-bond acceptors (Lipinski definition) is 4. The van der Waals surface area contributed by atoms with Crippen molar-refractivity contribution in [2.75, 3.05) is 20.1 Å². The van der Waals surface area contributed by atoms with Crippen molar-refractivity contribution in [3.05, 3.63) is 24.0 Å². The van der Waals surface area contributed by atoms with Gasteiger partial charge in [-0.25, -0.2) is 0 Å². The Bertz CT molecular complexity index is 189. The fraction of sp³-hybridized carbons (Fsp3) is 0.500. The molecule has 0 aliphatic carbocycles. The average molecular weight is 169 g/mol. The summed E-state index contributed by atoms with van der Waals surface area (Å²) in [7, 11) is 1.91. The molecule has 1 rings (SSSR count). The molecule has 0 aromatic carbocycles. The van der Waals surface area contributed by atoms with Crippen LogP contribution in [0.5, 0.6) is 0 Å². The molecule has 1 atom stereocenters. The highest BCUT2D eigenvalue weighted by molar-refractivity contribution is 5.21. The van der Waals surface area contributed by atoms with Crippen molar-refractivity contribution >= 4 is 0 Å². The summed E-state index contributed by atoms with van der Waals surface area (Å²) < 4.78 is 0. The van der Waals surface area contributed by atoms with E-state index in [-0.39, 0.29) is 0 Å². The minimum atomic E-state index is -0.563. The second-order valence-electron chi connectivity index (χ2n) is 2.60. The zero-order valence-electron chi connectivity index (χ0n) is 7.17. The number of dihydropyridines is 1. The zero-order chi connectivity index (χ0) is 8.81. The molecule has 0 amide bonds. The molecule has 0 saturated heterocycles. The zero-order valence-corrected chi connectivity index (χ0v) is 7.17. The largest absolute Gasteiger partial charge is 0.384 e. The standard InChI is InChI=1S/C8H15N3O/c1-9-4-5-10-7-2-3-11-8(12)6-7/h2-3,6,8-12H,4-5H2,1H3. The number of nitrogens with one attached hydrogen (secondary N) is 3. The molecule has 0 aromatic heterocycles. The lowest BCUT2D eigenvalue weighted by Gasteiger charge is -2.15. The Labute approximate surface area is 72.4 Å². The van der Waals surface area contributed by atoms with Crippen molar-refractivity contribution in [3.8, 4) is 0 Å². The lowest BCUT2D eigenvalue weighted by atomic mass is 10.3. The summed E-state index contributed by atoms with van der Waals surface area (Å²) >= 11 is 0. The number of rotatable bonds is 4. The first-order valence-electron chi connectivity index (χ1n) is 4.04. The highest BCUT2D eigenvalue weighted by atomic mass is 16.3. The Morgan fingerprint density at radius 3 is 3.08 bits per heavy atom. The van der Waals surface area contributed by atoms with Gasteiger partial charge in [-0.05, 0) is 19.2 Å². The highest BCUT2D eigenvalue weighted by Gasteiger charge is 2.02. The summed E-state index contributed by atoms with van der Waals surface area (Å²) in [5.41, 5.74) is 0.955. The second kappa shape index (κ2) is 4.79. The molecule has 4 nitrogen and oxygen atoms in total. The van der Waals surface area contributed by atoms with Crippen LogP contribution in [0.4, 0.5) is 0 Å². The average Bonchev–Trinajstić information content (AvgIpc) is 2.05. The quantitative estimate of drug-likeness (QED) is 0.413. The summed E-state index contributed by atoms with van der Waals surface area (Å²) in [6.07, 6.45) is 4.79. The first-order valence-corrected chi connectivity index (χ1v) is 4.04. The van der Waals surface area contributed by atoms with Gasteiger partial charge in [0, 0.05) is 25.0 Å². The summed E-state index contributed by atoms with van der Waals surface area (Å²) in [4.78, 5) is 0. The van der Waals surface area contributed by atoms with E-state index in [4.69, 9.17) is 5.11 Å². The molecule has 0 aromatic rings. The van der Waals surface area contributed by atoms with Gasteiger partial charge in [-0.3, -0.25) is 0 Å². The molecule has 0 saturated carbocycles. The predicted molar refractivity (Wildman–Crippen MR) is 48.3 cm³/mol. The van der Waals surface area contributed by atoms with E-state index >= 15 is 0 Å². The van der Waals surface area contributed by atoms with Crippen LogP contribution in [0.15, 0.2) is 24.0 Å². The normalized spacial score (nSPS) is 21.5. The van der Waals surface area contributed by atoms with Crippen molar-refractivity contribution in [2.24, 2.45) is 0 Å². The van der Waals surface area contributed by atoms with Gasteiger partial charge in [0.25, 0.3) is 0 Å². The fourth-order valence-electron chi connectivity index (χ4n) is 0.960. The molecule has 0 radical (unpaired) electrons. The van der Waals surface area contributed by atoms with Gasteiger partial charge >= 0.3 is 0 Å². The molecule has 12 heavy (non-hydrogen) atoms. The van der Waals surface area contributed by atoms with Crippen molar-refractivity contribution in [2.45, 2.75) is 6.23 Å². The third kappa shape index (κ3) is 2.94. The molecule has 1 aliphatic heterocycles. The van der Waals surface area contributed by atoms with Gasteiger partial charge in [-0.2, -0.15) is 0 Å². The molecule has 0 fully saturated rings. The number of likely N-dealkylation sites (N-methyl/N-ethyl adjacent to an activating group) is 1. The van der Waals surface area contributed by atoms with Gasteiger partial charge in [0.2, 0.25) is 0 Å². The monoisotopic (exact) mass is 169 g/mol. The maximum Gasteiger partial charge on any atom is 0.145 e. The topological polar surface area (TPSA) is 56.3 Å². The maximum absolute atomic E-state index is 9.14. The third-order valence-electron chi connectivity index (χ3n) is 1.57. The van der Waals surface area contributed by atoms with Gasteiger partial charge in [-0.15, -0.1) is 0 Å². The Hall–Kier alpha value is -1.00. The molecule has 68 valence electrons. The summed E-state index contributed by atoms with van der Waals surface area (Å²) in [5, 5.41) is 18.1. The van der Waals surface area contributed by atoms with Crippen LogP contribution in [0, 0.1) is 0 Å². The van der Waals surface area contributed by atoms with Crippen LogP contribution in [0.2, 0.25) is 0 Å². The Morgan fingerprint density at radius 2 is 2.42 bits per heavy atom. The summed E-state index contributed by atoms with van der Waals surface area (Å²) in [6, 6.07) is 0. The SMILES string of the molecule is CNCCNC1=CC(O)NC=C1. The van der Waals surface area contributed by atoms with E-state index < -0.39 is 6.23 Å². The van der Waals surface area contributed by atoms with Gasteiger partial charge < -0.3 is 21.1 Å². The van der Waals surface area contributed by atoms with Crippen LogP contribution in [-0.2, 0) is 0 Å². The van der Waals surface area contributed by atoms with E-state index in [2.05, 4.69) is 16.0 Å². The molecule has 4 N–H and O–H groups in total. The van der Waals surface area contributed by atoms with Crippen LogP contribution in [0.25, 0.3) is 0 Å². The van der Waals surface area contributed by atoms with E-state index in [0.717, 1.165) is 18.8 Å². The Kier molecular flexibility index (Phi) is 3.63. The van der Waals surface area contributed by atoms with Crippen LogP contribution in [0.3, 0.4) is 0 Å². The minimum absolute atomic E-state index is 0.563. The number of aliphatic hydroxyl groups is 1. The van der Waals surface area contributed by atoms with Crippen LogP contribution in [-0.4, -0.2) is 31.5 Å². The molecule has 1 heterocycles. The van der Waals surface area contributed by atoms with Crippen molar-refractivity contribution < 1.29 is 5.11 Å². The Balaban J connectivity index is 2.26. The molecule has 1 aliphatic rings. The van der Waals surface area contributed by atoms with E-state index in [9.17, 15) is 0 Å². The predicted octanol–water partition coefficient (Wildman–Crippen LogP) is -0.885. The second-order valence-corrected chi connectivity index (χ2v) is 2.60. The molecule has 4 heteroatoms. The number of aliphatic hydroxyl groups excluding tert-OH is 1. The van der Waals surface area contributed by atoms with Gasteiger partial charge in [0.1, 0.15) is 6.23 Å². The van der Waals surface area contributed by atoms with Crippen LogP contribution in [0.1, 0.15) is 0 Å². The highest BCUT2D eigenvalue weighted by Crippen LogP contribution is 1.98. The minimum Gasteiger partial charge on any atom is -0.384 e. The maximum atomic E-state index is 9.14. The molecule has 0 spiro atoms. The van der Waals surface area contributed by atoms with Gasteiger partial charge in [0.15, 0.2) is 0 Å². The van der Waals surface area contributed by atoms with E-state index in [0.29, 0.717) is 0 Å². The summed E-state index contributed by atoms with van der Waals surface area (Å²) in [5.74, 6) is 0. The van der Waals surface area contributed by atoms with Crippen LogP contribution >= 0.6 is 0 Å². The molecule has 1 unspecified atom stereocenters. The van der Waals surface area contributed by atoms with Gasteiger partial charge in [0.05, 0.1) is 0 Å². The van der Waals surface area contributed by atoms with Crippen molar-refractivity contribution in [1.29, 1.82) is 0 Å². The van der Waals surface area contributed by atoms with E-state index in [1.807, 2.05) is 13.1 Å². The fourth-order valence-corrected chi connectivity index (χ4v) is 0.960. The first-order chi connectivity index (χ1) is 5.83. The lowest BCUT2D eigenvalue weighted by Crippen LogP contribution is -2.30. The lowest BCUT2D eigenvalue weighted by molar-refractivity contribution is 0.199. The Morgan fingerprint density at radius 1 is 1.58 bits per heavy atom. The van der Waals surface area contributed by atoms with Crippen molar-refractivity contribution in [1.82, 2.24) is 16.0 Å². The molecular weight excluding hydrogens is 154 g/mol. The smallest absolute Gasteiger partial charge is 0.145 e. The van der Waals surface area contributed by atoms with Crippen molar-refractivity contribution in [3.63, 3.8) is 0 Å². The summed E-state index contributed by atoms with van der Waals surface area (Å²) in [6.45, 7) is 1.77. The molecule has 0 bridgehead atoms. The molecular formula is C8H15N3O. The van der Waals surface area contributed by atoms with E-state index in [1.165, 1.54) is 0 Å². The number of hydrogen-bond donors (Lipinski definition) is 4.